The molecule has 1 unspecified atom stereocenters. The highest BCUT2D eigenvalue weighted by Crippen LogP contribution is 2.27. The third-order valence-electron chi connectivity index (χ3n) is 5.48. The van der Waals surface area contributed by atoms with Crippen LogP contribution in [0.2, 0.25) is 0 Å². The van der Waals surface area contributed by atoms with Gasteiger partial charge in [-0.3, -0.25) is 25.0 Å². The number of aliphatic hydroxyl groups is 1. The molecule has 3 atom stereocenters. The Morgan fingerprint density at radius 2 is 1.81 bits per heavy atom. The van der Waals surface area contributed by atoms with E-state index in [4.69, 9.17) is 5.11 Å². The minimum Gasteiger partial charge on any atom is -0.396 e. The van der Waals surface area contributed by atoms with Crippen LogP contribution in [-0.2, 0) is 20.8 Å². The molecule has 0 saturated carbocycles. The van der Waals surface area contributed by atoms with E-state index in [1.165, 1.54) is 0 Å². The van der Waals surface area contributed by atoms with Gasteiger partial charge in [-0.05, 0) is 43.6 Å². The van der Waals surface area contributed by atoms with E-state index < -0.39 is 41.6 Å². The van der Waals surface area contributed by atoms with Crippen molar-refractivity contribution in [1.29, 1.82) is 0 Å². The Morgan fingerprint density at radius 3 is 2.41 bits per heavy atom. The highest BCUT2D eigenvalue weighted by Gasteiger charge is 2.41. The maximum absolute atomic E-state index is 13.1. The molecule has 0 spiro atoms. The van der Waals surface area contributed by atoms with Crippen LogP contribution in [0.3, 0.4) is 0 Å². The molecule has 0 bridgehead atoms. The van der Waals surface area contributed by atoms with Gasteiger partial charge in [0.15, 0.2) is 0 Å². The van der Waals surface area contributed by atoms with Gasteiger partial charge in [-0.1, -0.05) is 44.2 Å². The number of hydroxylamine groups is 1. The molecule has 1 aromatic carbocycles. The predicted molar refractivity (Wildman–Crippen MR) is 115 cm³/mol. The lowest BCUT2D eigenvalue weighted by atomic mass is 9.81. The van der Waals surface area contributed by atoms with E-state index in [9.17, 15) is 24.4 Å². The Labute approximate surface area is 187 Å². The Kier molecular flexibility index (Phi) is 9.61. The topological polar surface area (TPSA) is 148 Å². The van der Waals surface area contributed by atoms with E-state index in [2.05, 4.69) is 10.7 Å². The minimum absolute atomic E-state index is 0.0292. The number of rotatable bonds is 12. The van der Waals surface area contributed by atoms with Gasteiger partial charge in [0, 0.05) is 6.61 Å². The van der Waals surface area contributed by atoms with Crippen molar-refractivity contribution in [2.24, 2.45) is 17.8 Å². The first kappa shape index (κ1) is 25.3. The third-order valence-corrected chi connectivity index (χ3v) is 5.48. The monoisotopic (exact) mass is 448 g/mol. The molecule has 0 aliphatic carbocycles. The summed E-state index contributed by atoms with van der Waals surface area (Å²) in [5.41, 5.74) is 5.07. The molecular weight excluding hydrogens is 416 g/mol. The Bertz CT molecular complexity index is 801. The van der Waals surface area contributed by atoms with Gasteiger partial charge in [-0.15, -0.1) is 0 Å². The largest absolute Gasteiger partial charge is 0.396 e. The van der Waals surface area contributed by atoms with Gasteiger partial charge in [-0.25, -0.2) is 10.3 Å². The maximum Gasteiger partial charge on any atom is 0.344 e. The van der Waals surface area contributed by atoms with Crippen molar-refractivity contribution in [3.05, 3.63) is 35.9 Å². The summed E-state index contributed by atoms with van der Waals surface area (Å²) < 4.78 is 0. The number of aryl methyl sites for hydroxylation is 1. The molecule has 5 N–H and O–H groups in total. The fourth-order valence-electron chi connectivity index (χ4n) is 3.89. The van der Waals surface area contributed by atoms with E-state index in [0.717, 1.165) is 5.56 Å². The van der Waals surface area contributed by atoms with Crippen molar-refractivity contribution in [2.45, 2.75) is 52.0 Å². The first-order chi connectivity index (χ1) is 15.3. The van der Waals surface area contributed by atoms with Gasteiger partial charge in [0.05, 0.1) is 11.8 Å². The number of hydrogen-bond donors (Lipinski definition) is 5. The number of benzene rings is 1. The van der Waals surface area contributed by atoms with Crippen molar-refractivity contribution in [1.82, 2.24) is 21.2 Å². The van der Waals surface area contributed by atoms with Crippen LogP contribution in [0.15, 0.2) is 30.3 Å². The molecule has 1 aliphatic rings. The molecule has 0 aromatic heterocycles. The zero-order valence-corrected chi connectivity index (χ0v) is 18.4. The summed E-state index contributed by atoms with van der Waals surface area (Å²) >= 11 is 0. The van der Waals surface area contributed by atoms with E-state index >= 15 is 0 Å². The van der Waals surface area contributed by atoms with Gasteiger partial charge in [0.25, 0.3) is 5.91 Å². The van der Waals surface area contributed by atoms with Crippen LogP contribution < -0.4 is 16.2 Å². The zero-order valence-electron chi connectivity index (χ0n) is 18.4. The van der Waals surface area contributed by atoms with Gasteiger partial charge >= 0.3 is 6.03 Å². The highest BCUT2D eigenvalue weighted by molar-refractivity contribution is 6.05. The first-order valence-corrected chi connectivity index (χ1v) is 10.8. The van der Waals surface area contributed by atoms with Crippen LogP contribution in [-0.4, -0.2) is 51.7 Å². The Morgan fingerprint density at radius 1 is 1.12 bits per heavy atom. The second kappa shape index (κ2) is 12.2. The van der Waals surface area contributed by atoms with Crippen molar-refractivity contribution < 1.29 is 29.5 Å². The van der Waals surface area contributed by atoms with E-state index in [-0.39, 0.29) is 18.9 Å². The van der Waals surface area contributed by atoms with Crippen molar-refractivity contribution in [2.75, 3.05) is 6.61 Å². The van der Waals surface area contributed by atoms with Crippen LogP contribution >= 0.6 is 0 Å². The predicted octanol–water partition coefficient (Wildman–Crippen LogP) is 1.13. The van der Waals surface area contributed by atoms with Gasteiger partial charge in [0.2, 0.25) is 11.8 Å². The third kappa shape index (κ3) is 6.76. The maximum atomic E-state index is 13.1. The lowest BCUT2D eigenvalue weighted by Crippen LogP contribution is -2.51. The number of nitrogens with one attached hydrogen (secondary N) is 3. The van der Waals surface area contributed by atoms with E-state index in [1.807, 2.05) is 44.2 Å². The summed E-state index contributed by atoms with van der Waals surface area (Å²) in [7, 11) is 0. The fourth-order valence-corrected chi connectivity index (χ4v) is 3.89. The lowest BCUT2D eigenvalue weighted by molar-refractivity contribution is -0.145. The normalized spacial score (nSPS) is 17.8. The van der Waals surface area contributed by atoms with Gasteiger partial charge < -0.3 is 10.4 Å². The van der Waals surface area contributed by atoms with Crippen LogP contribution in [0, 0.1) is 17.8 Å². The summed E-state index contributed by atoms with van der Waals surface area (Å²) in [6, 6.07) is 7.99. The van der Waals surface area contributed by atoms with Gasteiger partial charge in [0.1, 0.15) is 6.04 Å². The summed E-state index contributed by atoms with van der Waals surface area (Å²) in [4.78, 5) is 50.0. The molecule has 1 fully saturated rings. The number of aliphatic hydroxyl groups excluding tert-OH is 1. The van der Waals surface area contributed by atoms with E-state index in [0.29, 0.717) is 30.7 Å². The molecular formula is C22H32N4O6. The molecule has 10 nitrogen and oxygen atoms in total. The number of urea groups is 1. The molecule has 5 amide bonds. The quantitative estimate of drug-likeness (QED) is 0.184. The zero-order chi connectivity index (χ0) is 23.7. The second-order valence-electron chi connectivity index (χ2n) is 8.36. The molecule has 1 aromatic rings. The number of hydrazine groups is 1. The molecule has 0 radical (unpaired) electrons. The number of amides is 5. The number of hydrogen-bond acceptors (Lipinski definition) is 6. The smallest absolute Gasteiger partial charge is 0.344 e. The number of carbonyl (C=O) groups excluding carboxylic acids is 4. The Hall–Kier alpha value is -2.98. The fraction of sp³-hybridized carbons (Fsp3) is 0.545. The van der Waals surface area contributed by atoms with Gasteiger partial charge in [-0.2, -0.15) is 5.01 Å². The van der Waals surface area contributed by atoms with Crippen molar-refractivity contribution >= 4 is 23.8 Å². The highest BCUT2D eigenvalue weighted by atomic mass is 16.5. The van der Waals surface area contributed by atoms with Crippen LogP contribution in [0.1, 0.15) is 45.1 Å². The Balaban J connectivity index is 2.13. The molecule has 32 heavy (non-hydrogen) atoms. The average molecular weight is 449 g/mol. The molecule has 1 saturated heterocycles. The van der Waals surface area contributed by atoms with Crippen LogP contribution in [0.25, 0.3) is 0 Å². The van der Waals surface area contributed by atoms with E-state index in [1.54, 1.807) is 5.48 Å². The molecule has 1 heterocycles. The standard InChI is InChI=1S/C22H32N4O6/c1-14(2)13-17(19(28)24-26-21(30)18(11-12-27)23-22(26)31)16(20(29)25-32)10-6-9-15-7-4-3-5-8-15/h3-5,7-8,14,16-18,27,32H,6,9-13H2,1-2H3,(H,23,31)(H,24,28)(H,25,29)/t16-,17+,18?/m0/s1. The second-order valence-corrected chi connectivity index (χ2v) is 8.36. The lowest BCUT2D eigenvalue weighted by Gasteiger charge is -2.27. The molecule has 1 aliphatic heterocycles. The molecule has 176 valence electrons. The summed E-state index contributed by atoms with van der Waals surface area (Å²) in [6.45, 7) is 3.49. The number of nitrogens with zero attached hydrogens (tertiary/aromatic N) is 1. The SMILES string of the molecule is CC(C)C[C@@H](C(=O)NN1C(=O)NC(CCO)C1=O)[C@H](CCCc1ccccc1)C(=O)NO. The summed E-state index contributed by atoms with van der Waals surface area (Å²) in [5, 5.41) is 21.3. The van der Waals surface area contributed by atoms with Crippen LogP contribution in [0.4, 0.5) is 4.79 Å². The minimum atomic E-state index is -0.918. The molecule has 2 rings (SSSR count). The summed E-state index contributed by atoms with van der Waals surface area (Å²) in [6.07, 6.45) is 1.98. The summed E-state index contributed by atoms with van der Waals surface area (Å²) in [5.74, 6) is -3.68. The van der Waals surface area contributed by atoms with Crippen molar-refractivity contribution in [3.63, 3.8) is 0 Å². The molecule has 10 heteroatoms. The van der Waals surface area contributed by atoms with Crippen LogP contribution in [0.5, 0.6) is 0 Å². The number of imide groups is 1. The number of carbonyl (C=O) groups is 4. The first-order valence-electron chi connectivity index (χ1n) is 10.8. The van der Waals surface area contributed by atoms with Crippen molar-refractivity contribution in [3.8, 4) is 0 Å². The average Bonchev–Trinajstić information content (AvgIpc) is 3.03.